The summed E-state index contributed by atoms with van der Waals surface area (Å²) >= 11 is 0. The molecule has 0 atom stereocenters. The number of sulfonamides is 1. The van der Waals surface area contributed by atoms with Crippen molar-refractivity contribution < 1.29 is 13.2 Å². The highest BCUT2D eigenvalue weighted by molar-refractivity contribution is 7.89. The zero-order valence-electron chi connectivity index (χ0n) is 18.4. The number of carbonyl (C=O) groups excluding carboxylic acids is 1. The van der Waals surface area contributed by atoms with Crippen molar-refractivity contribution >= 4 is 15.9 Å². The Labute approximate surface area is 175 Å². The summed E-state index contributed by atoms with van der Waals surface area (Å²) in [5, 5.41) is 0. The Kier molecular flexibility index (Phi) is 6.67. The molecule has 2 heterocycles. The molecule has 2 aliphatic heterocycles. The van der Waals surface area contributed by atoms with Gasteiger partial charge in [0.15, 0.2) is 0 Å². The fourth-order valence-electron chi connectivity index (χ4n) is 4.17. The number of nitrogens with zero attached hydrogens (tertiary/aromatic N) is 4. The van der Waals surface area contributed by atoms with Crippen LogP contribution in [0, 0.1) is 27.7 Å². The molecule has 0 saturated carbocycles. The lowest BCUT2D eigenvalue weighted by Crippen LogP contribution is -2.54. The molecular weight excluding hydrogens is 388 g/mol. The van der Waals surface area contributed by atoms with Crippen molar-refractivity contribution in [2.24, 2.45) is 0 Å². The number of amides is 1. The first kappa shape index (κ1) is 22.2. The summed E-state index contributed by atoms with van der Waals surface area (Å²) < 4.78 is 28.3. The first-order valence-corrected chi connectivity index (χ1v) is 11.8. The number of hydrogen-bond donors (Lipinski definition) is 0. The topological polar surface area (TPSA) is 64.2 Å². The smallest absolute Gasteiger partial charge is 0.243 e. The van der Waals surface area contributed by atoms with Gasteiger partial charge < -0.3 is 9.80 Å². The van der Waals surface area contributed by atoms with E-state index in [9.17, 15) is 13.2 Å². The molecule has 0 spiro atoms. The van der Waals surface area contributed by atoms with E-state index in [-0.39, 0.29) is 5.91 Å². The Balaban J connectivity index is 1.65. The zero-order valence-corrected chi connectivity index (χ0v) is 19.2. The zero-order chi connectivity index (χ0) is 21.3. The fraction of sp³-hybridized carbons (Fsp3) is 0.667. The molecule has 1 aromatic rings. The molecule has 1 aromatic carbocycles. The van der Waals surface area contributed by atoms with Crippen molar-refractivity contribution in [3.8, 4) is 0 Å². The third-order valence-electron chi connectivity index (χ3n) is 6.44. The van der Waals surface area contributed by atoms with E-state index in [0.29, 0.717) is 37.6 Å². The minimum Gasteiger partial charge on any atom is -0.339 e. The maximum absolute atomic E-state index is 13.4. The summed E-state index contributed by atoms with van der Waals surface area (Å²) in [6.07, 6.45) is 0. The lowest BCUT2D eigenvalue weighted by atomic mass is 10.0. The van der Waals surface area contributed by atoms with Crippen LogP contribution in [-0.2, 0) is 14.8 Å². The number of likely N-dealkylation sites (N-methyl/N-ethyl adjacent to an activating group) is 1. The minimum atomic E-state index is -3.57. The van der Waals surface area contributed by atoms with Crippen molar-refractivity contribution in [1.29, 1.82) is 0 Å². The van der Waals surface area contributed by atoms with Crippen LogP contribution in [-0.4, -0.2) is 99.3 Å². The summed E-state index contributed by atoms with van der Waals surface area (Å²) in [4.78, 5) is 19.4. The number of hydrogen-bond acceptors (Lipinski definition) is 5. The minimum absolute atomic E-state index is 0.102. The third kappa shape index (κ3) is 4.66. The Morgan fingerprint density at radius 1 is 0.862 bits per heavy atom. The van der Waals surface area contributed by atoms with E-state index in [4.69, 9.17) is 0 Å². The second-order valence-corrected chi connectivity index (χ2v) is 10.3. The molecule has 29 heavy (non-hydrogen) atoms. The average Bonchev–Trinajstić information content (AvgIpc) is 2.68. The average molecular weight is 423 g/mol. The van der Waals surface area contributed by atoms with Crippen LogP contribution < -0.4 is 0 Å². The molecule has 0 aromatic heterocycles. The Bertz CT molecular complexity index is 842. The van der Waals surface area contributed by atoms with Crippen molar-refractivity contribution in [2.45, 2.75) is 32.6 Å². The molecule has 1 amide bonds. The van der Waals surface area contributed by atoms with Gasteiger partial charge in [0.05, 0.1) is 11.4 Å². The van der Waals surface area contributed by atoms with Crippen LogP contribution in [0.4, 0.5) is 0 Å². The van der Waals surface area contributed by atoms with Gasteiger partial charge >= 0.3 is 0 Å². The first-order valence-electron chi connectivity index (χ1n) is 10.4. The molecule has 7 nitrogen and oxygen atoms in total. The standard InChI is InChI=1S/C21H34N4O3S/c1-16-14-17(2)19(4)21(18(16)3)29(27,28)25-12-10-24(11-13-25)20(26)15-23-8-6-22(5)7-9-23/h14H,6-13,15H2,1-5H3. The Hall–Kier alpha value is -1.48. The van der Waals surface area contributed by atoms with E-state index in [1.54, 1.807) is 4.31 Å². The maximum Gasteiger partial charge on any atom is 0.243 e. The first-order chi connectivity index (χ1) is 13.6. The summed E-state index contributed by atoms with van der Waals surface area (Å²) in [6.45, 7) is 13.5. The monoisotopic (exact) mass is 422 g/mol. The van der Waals surface area contributed by atoms with Gasteiger partial charge in [-0.3, -0.25) is 9.69 Å². The highest BCUT2D eigenvalue weighted by atomic mass is 32.2. The fourth-order valence-corrected chi connectivity index (χ4v) is 6.17. The largest absolute Gasteiger partial charge is 0.339 e. The van der Waals surface area contributed by atoms with Crippen LogP contribution in [0.2, 0.25) is 0 Å². The molecule has 2 saturated heterocycles. The predicted molar refractivity (Wildman–Crippen MR) is 115 cm³/mol. The number of carbonyl (C=O) groups is 1. The van der Waals surface area contributed by atoms with Crippen LogP contribution >= 0.6 is 0 Å². The molecule has 2 fully saturated rings. The lowest BCUT2D eigenvalue weighted by molar-refractivity contribution is -0.134. The Morgan fingerprint density at radius 3 is 1.90 bits per heavy atom. The Morgan fingerprint density at radius 2 is 1.38 bits per heavy atom. The molecule has 0 N–H and O–H groups in total. The highest BCUT2D eigenvalue weighted by Gasteiger charge is 2.33. The van der Waals surface area contributed by atoms with E-state index >= 15 is 0 Å². The number of rotatable bonds is 4. The van der Waals surface area contributed by atoms with E-state index in [1.165, 1.54) is 0 Å². The molecule has 162 valence electrons. The van der Waals surface area contributed by atoms with Gasteiger partial charge in [0.2, 0.25) is 15.9 Å². The van der Waals surface area contributed by atoms with Gasteiger partial charge in [0.1, 0.15) is 0 Å². The van der Waals surface area contributed by atoms with Crippen LogP contribution in [0.1, 0.15) is 22.3 Å². The van der Waals surface area contributed by atoms with E-state index in [1.807, 2.05) is 38.7 Å². The van der Waals surface area contributed by atoms with Gasteiger partial charge in [-0.2, -0.15) is 4.31 Å². The van der Waals surface area contributed by atoms with Gasteiger partial charge in [-0.15, -0.1) is 0 Å². The van der Waals surface area contributed by atoms with Crippen molar-refractivity contribution in [3.05, 3.63) is 28.3 Å². The summed E-state index contributed by atoms with van der Waals surface area (Å²) in [7, 11) is -1.48. The second-order valence-electron chi connectivity index (χ2n) is 8.45. The van der Waals surface area contributed by atoms with Crippen LogP contribution in [0.3, 0.4) is 0 Å². The van der Waals surface area contributed by atoms with Crippen LogP contribution in [0.25, 0.3) is 0 Å². The molecular formula is C21H34N4O3S. The predicted octanol–water partition coefficient (Wildman–Crippen LogP) is 1.00. The van der Waals surface area contributed by atoms with Crippen LogP contribution in [0.5, 0.6) is 0 Å². The summed E-state index contributed by atoms with van der Waals surface area (Å²) in [5.41, 5.74) is 3.63. The SMILES string of the molecule is Cc1cc(C)c(C)c(S(=O)(=O)N2CCN(C(=O)CN3CCN(C)CC3)CC2)c1C. The van der Waals surface area contributed by atoms with Crippen molar-refractivity contribution in [3.63, 3.8) is 0 Å². The van der Waals surface area contributed by atoms with Gasteiger partial charge in [0, 0.05) is 52.4 Å². The summed E-state index contributed by atoms with van der Waals surface area (Å²) in [5.74, 6) is 0.102. The van der Waals surface area contributed by atoms with Gasteiger partial charge in [-0.1, -0.05) is 6.07 Å². The van der Waals surface area contributed by atoms with Gasteiger partial charge in [0.25, 0.3) is 0 Å². The quantitative estimate of drug-likeness (QED) is 0.724. The van der Waals surface area contributed by atoms with E-state index < -0.39 is 10.0 Å². The molecule has 0 radical (unpaired) electrons. The molecule has 0 bridgehead atoms. The molecule has 0 aliphatic carbocycles. The van der Waals surface area contributed by atoms with Crippen molar-refractivity contribution in [2.75, 3.05) is 66.0 Å². The molecule has 2 aliphatic rings. The summed E-state index contributed by atoms with van der Waals surface area (Å²) in [6, 6.07) is 2.04. The molecule has 0 unspecified atom stereocenters. The lowest BCUT2D eigenvalue weighted by Gasteiger charge is -2.37. The van der Waals surface area contributed by atoms with Gasteiger partial charge in [-0.25, -0.2) is 8.42 Å². The normalized spacial score (nSPS) is 20.2. The second kappa shape index (κ2) is 8.71. The number of piperazine rings is 2. The highest BCUT2D eigenvalue weighted by Crippen LogP contribution is 2.29. The third-order valence-corrected chi connectivity index (χ3v) is 8.61. The van der Waals surface area contributed by atoms with Crippen molar-refractivity contribution in [1.82, 2.24) is 19.0 Å². The van der Waals surface area contributed by atoms with E-state index in [2.05, 4.69) is 16.8 Å². The molecule has 8 heteroatoms. The maximum atomic E-state index is 13.4. The molecule has 3 rings (SSSR count). The van der Waals surface area contributed by atoms with Gasteiger partial charge in [-0.05, 0) is 57.0 Å². The van der Waals surface area contributed by atoms with E-state index in [0.717, 1.165) is 48.4 Å². The number of aryl methyl sites for hydroxylation is 2. The number of benzene rings is 1. The van der Waals surface area contributed by atoms with Crippen LogP contribution in [0.15, 0.2) is 11.0 Å².